The minimum absolute atomic E-state index is 0.721. The average Bonchev–Trinajstić information content (AvgIpc) is 3.29. The van der Waals surface area contributed by atoms with Crippen molar-refractivity contribution in [3.8, 4) is 11.3 Å². The first-order valence-corrected chi connectivity index (χ1v) is 11.1. The molecule has 2 aromatic heterocycles. The predicted octanol–water partition coefficient (Wildman–Crippen LogP) is 5.58. The lowest BCUT2D eigenvalue weighted by Crippen LogP contribution is -2.32. The maximum absolute atomic E-state index is 4.95. The molecule has 1 aliphatic rings. The van der Waals surface area contributed by atoms with Crippen LogP contribution in [-0.2, 0) is 6.54 Å². The summed E-state index contributed by atoms with van der Waals surface area (Å²) in [5.41, 5.74) is 6.03. The smallest absolute Gasteiger partial charge is 0.215 e. The van der Waals surface area contributed by atoms with Gasteiger partial charge in [0.25, 0.3) is 0 Å². The average molecular weight is 387 g/mol. The highest BCUT2D eigenvalue weighted by Crippen LogP contribution is 2.27. The molecule has 150 valence electrons. The molecule has 0 atom stereocenters. The molecule has 4 aromatic rings. The zero-order valence-electron chi connectivity index (χ0n) is 17.3. The lowest BCUT2D eigenvalue weighted by atomic mass is 9.95. The maximum Gasteiger partial charge on any atom is 0.215 e. The zero-order chi connectivity index (χ0) is 19.6. The molecule has 5 rings (SSSR count). The van der Waals surface area contributed by atoms with Gasteiger partial charge in [-0.3, -0.25) is 4.40 Å². The zero-order valence-corrected chi connectivity index (χ0v) is 17.3. The van der Waals surface area contributed by atoms with Crippen LogP contribution in [0.3, 0.4) is 0 Å². The Hall–Kier alpha value is -2.59. The molecule has 1 fully saturated rings. The highest BCUT2D eigenvalue weighted by molar-refractivity contribution is 5.81. The second-order valence-electron chi connectivity index (χ2n) is 8.45. The Morgan fingerprint density at radius 1 is 1.00 bits per heavy atom. The summed E-state index contributed by atoms with van der Waals surface area (Å²) in [6.07, 6.45) is 10.2. The van der Waals surface area contributed by atoms with Gasteiger partial charge < -0.3 is 9.88 Å². The Balaban J connectivity index is 1.44. The number of rotatable bonds is 6. The number of para-hydroxylation sites is 2. The number of nitrogens with zero attached hydrogens (tertiary/aromatic N) is 3. The van der Waals surface area contributed by atoms with E-state index in [0.717, 1.165) is 36.8 Å². The molecule has 4 heteroatoms. The largest absolute Gasteiger partial charge is 0.314 e. The predicted molar refractivity (Wildman–Crippen MR) is 120 cm³/mol. The minimum atomic E-state index is 0.721. The van der Waals surface area contributed by atoms with Crippen molar-refractivity contribution in [1.82, 2.24) is 19.3 Å². The molecule has 2 aromatic carbocycles. The van der Waals surface area contributed by atoms with Crippen LogP contribution in [0.4, 0.5) is 0 Å². The maximum atomic E-state index is 4.95. The number of aryl methyl sites for hydroxylation is 2. The fourth-order valence-corrected chi connectivity index (χ4v) is 4.67. The number of fused-ring (bicyclic) bond motifs is 3. The molecule has 2 heterocycles. The highest BCUT2D eigenvalue weighted by Gasteiger charge is 2.16. The monoisotopic (exact) mass is 386 g/mol. The van der Waals surface area contributed by atoms with Crippen LogP contribution in [0, 0.1) is 6.92 Å². The Kier molecular flexibility index (Phi) is 5.11. The Morgan fingerprint density at radius 3 is 2.62 bits per heavy atom. The molecule has 0 radical (unpaired) electrons. The summed E-state index contributed by atoms with van der Waals surface area (Å²) in [6.45, 7) is 4.19. The van der Waals surface area contributed by atoms with Gasteiger partial charge in [0.2, 0.25) is 5.78 Å². The van der Waals surface area contributed by atoms with Crippen LogP contribution in [0.2, 0.25) is 0 Å². The van der Waals surface area contributed by atoms with Gasteiger partial charge in [0.15, 0.2) is 0 Å². The third kappa shape index (κ3) is 3.69. The van der Waals surface area contributed by atoms with Crippen molar-refractivity contribution >= 4 is 16.8 Å². The molecule has 1 aliphatic carbocycles. The second kappa shape index (κ2) is 8.03. The minimum Gasteiger partial charge on any atom is -0.314 e. The van der Waals surface area contributed by atoms with Gasteiger partial charge in [-0.2, -0.15) is 0 Å². The molecule has 29 heavy (non-hydrogen) atoms. The summed E-state index contributed by atoms with van der Waals surface area (Å²) >= 11 is 0. The van der Waals surface area contributed by atoms with Crippen molar-refractivity contribution in [1.29, 1.82) is 0 Å². The fraction of sp³-hybridized carbons (Fsp3) is 0.400. The normalized spacial score (nSPS) is 15.5. The van der Waals surface area contributed by atoms with E-state index >= 15 is 0 Å². The number of nitrogens with one attached hydrogen (secondary N) is 1. The van der Waals surface area contributed by atoms with E-state index in [1.807, 2.05) is 0 Å². The van der Waals surface area contributed by atoms with Crippen LogP contribution in [0.15, 0.2) is 54.7 Å². The molecular formula is C25H30N4. The molecule has 0 amide bonds. The fourth-order valence-electron chi connectivity index (χ4n) is 4.67. The van der Waals surface area contributed by atoms with Crippen LogP contribution >= 0.6 is 0 Å². The SMILES string of the molecule is Cc1ccc(-c2cn3c4ccccc4nc3n2CCCNC2CCCCC2)cc1. The van der Waals surface area contributed by atoms with Gasteiger partial charge in [0.1, 0.15) is 0 Å². The molecule has 4 nitrogen and oxygen atoms in total. The molecule has 1 saturated carbocycles. The molecule has 0 unspecified atom stereocenters. The molecule has 0 spiro atoms. The second-order valence-corrected chi connectivity index (χ2v) is 8.45. The summed E-state index contributed by atoms with van der Waals surface area (Å²) in [5, 5.41) is 3.78. The van der Waals surface area contributed by atoms with E-state index < -0.39 is 0 Å². The Labute approximate surface area is 172 Å². The molecule has 0 aliphatic heterocycles. The van der Waals surface area contributed by atoms with Gasteiger partial charge in [-0.25, -0.2) is 4.98 Å². The van der Waals surface area contributed by atoms with Crippen LogP contribution in [0.25, 0.3) is 28.1 Å². The van der Waals surface area contributed by atoms with E-state index in [4.69, 9.17) is 4.98 Å². The molecular weight excluding hydrogens is 356 g/mol. The lowest BCUT2D eigenvalue weighted by Gasteiger charge is -2.22. The number of hydrogen-bond acceptors (Lipinski definition) is 2. The third-order valence-corrected chi connectivity index (χ3v) is 6.30. The third-order valence-electron chi connectivity index (χ3n) is 6.30. The summed E-state index contributed by atoms with van der Waals surface area (Å²) in [7, 11) is 0. The van der Waals surface area contributed by atoms with Crippen molar-refractivity contribution in [3.05, 3.63) is 60.3 Å². The van der Waals surface area contributed by atoms with E-state index in [1.54, 1.807) is 0 Å². The van der Waals surface area contributed by atoms with E-state index in [1.165, 1.54) is 54.4 Å². The first kappa shape index (κ1) is 18.4. The topological polar surface area (TPSA) is 34.3 Å². The number of benzene rings is 2. The van der Waals surface area contributed by atoms with Gasteiger partial charge in [-0.1, -0.05) is 61.2 Å². The molecule has 0 saturated heterocycles. The van der Waals surface area contributed by atoms with Crippen molar-refractivity contribution in [2.75, 3.05) is 6.54 Å². The van der Waals surface area contributed by atoms with E-state index in [9.17, 15) is 0 Å². The van der Waals surface area contributed by atoms with Gasteiger partial charge in [-0.15, -0.1) is 0 Å². The van der Waals surface area contributed by atoms with Gasteiger partial charge in [-0.05, 0) is 50.4 Å². The standard InChI is InChI=1S/C25H30N4/c1-19-12-14-20(15-13-19)24-18-29-23-11-6-5-10-22(23)27-25(29)28(24)17-7-16-26-21-8-3-2-4-9-21/h5-6,10-15,18,21,26H,2-4,7-9,16-17H2,1H3. The molecule has 1 N–H and O–H groups in total. The van der Waals surface area contributed by atoms with E-state index in [2.05, 4.69) is 75.9 Å². The van der Waals surface area contributed by atoms with Gasteiger partial charge in [0, 0.05) is 18.8 Å². The van der Waals surface area contributed by atoms with Gasteiger partial charge in [0.05, 0.1) is 16.7 Å². The molecule has 0 bridgehead atoms. The summed E-state index contributed by atoms with van der Waals surface area (Å²) in [6, 6.07) is 18.0. The highest BCUT2D eigenvalue weighted by atomic mass is 15.2. The van der Waals surface area contributed by atoms with Crippen molar-refractivity contribution < 1.29 is 0 Å². The quantitative estimate of drug-likeness (QED) is 0.439. The van der Waals surface area contributed by atoms with Crippen LogP contribution in [0.5, 0.6) is 0 Å². The van der Waals surface area contributed by atoms with Crippen LogP contribution < -0.4 is 5.32 Å². The Bertz CT molecular complexity index is 1100. The lowest BCUT2D eigenvalue weighted by molar-refractivity contribution is 0.369. The van der Waals surface area contributed by atoms with E-state index in [0.29, 0.717) is 0 Å². The van der Waals surface area contributed by atoms with Gasteiger partial charge >= 0.3 is 0 Å². The van der Waals surface area contributed by atoms with Crippen LogP contribution in [0.1, 0.15) is 44.1 Å². The Morgan fingerprint density at radius 2 is 1.79 bits per heavy atom. The first-order valence-electron chi connectivity index (χ1n) is 11.1. The summed E-state index contributed by atoms with van der Waals surface area (Å²) in [4.78, 5) is 4.95. The number of imidazole rings is 2. The van der Waals surface area contributed by atoms with Crippen molar-refractivity contribution in [3.63, 3.8) is 0 Å². The van der Waals surface area contributed by atoms with Crippen molar-refractivity contribution in [2.45, 2.75) is 58.0 Å². The number of hydrogen-bond donors (Lipinski definition) is 1. The first-order chi connectivity index (χ1) is 14.3. The van der Waals surface area contributed by atoms with Crippen molar-refractivity contribution in [2.24, 2.45) is 0 Å². The number of aromatic nitrogens is 3. The van der Waals surface area contributed by atoms with E-state index in [-0.39, 0.29) is 0 Å². The van der Waals surface area contributed by atoms with Crippen LogP contribution in [-0.4, -0.2) is 26.5 Å². The summed E-state index contributed by atoms with van der Waals surface area (Å²) < 4.78 is 4.65. The summed E-state index contributed by atoms with van der Waals surface area (Å²) in [5.74, 6) is 1.04.